The summed E-state index contributed by atoms with van der Waals surface area (Å²) < 4.78 is 8.02. The number of fused-ring (bicyclic) bond motifs is 1. The summed E-state index contributed by atoms with van der Waals surface area (Å²) in [5.41, 5.74) is 7.70. The van der Waals surface area contributed by atoms with E-state index in [-0.39, 0.29) is 29.5 Å². The molecule has 0 radical (unpaired) electrons. The average molecular weight is 528 g/mol. The first-order chi connectivity index (χ1) is 18.5. The molecule has 5 rings (SSSR count). The summed E-state index contributed by atoms with van der Waals surface area (Å²) >= 11 is 0. The van der Waals surface area contributed by atoms with Gasteiger partial charge in [-0.2, -0.15) is 5.10 Å². The van der Waals surface area contributed by atoms with Gasteiger partial charge in [-0.1, -0.05) is 56.0 Å². The van der Waals surface area contributed by atoms with Gasteiger partial charge < -0.3 is 20.5 Å². The second-order valence-corrected chi connectivity index (χ2v) is 11.1. The Kier molecular flexibility index (Phi) is 7.02. The smallest absolute Gasteiger partial charge is 0.269 e. The number of piperidine rings is 1. The Morgan fingerprint density at radius 3 is 2.72 bits per heavy atom. The molecule has 1 aliphatic carbocycles. The largest absolute Gasteiger partial charge is 0.377 e. The fraction of sp³-hybridized carbons (Fsp3) is 0.400. The molecule has 0 bridgehead atoms. The molecule has 2 aromatic heterocycles. The molecule has 2 atom stereocenters. The molecule has 1 aromatic carbocycles. The Bertz CT molecular complexity index is 1470. The van der Waals surface area contributed by atoms with E-state index in [0.717, 1.165) is 16.8 Å². The van der Waals surface area contributed by atoms with Crippen LogP contribution in [0.5, 0.6) is 0 Å². The topological polar surface area (TPSA) is 124 Å². The Morgan fingerprint density at radius 1 is 1.23 bits per heavy atom. The van der Waals surface area contributed by atoms with E-state index in [9.17, 15) is 14.7 Å². The zero-order chi connectivity index (χ0) is 27.8. The molecule has 9 nitrogen and oxygen atoms in total. The highest BCUT2D eigenvalue weighted by molar-refractivity contribution is 5.92. The standard InChI is InChI=1S/C30H33N5O4/c1-29(2)17-23-22(16-24(29)39-19-21-7-5-4-6-8-21)27(28(31)37)33-35(23)25-15-20(10-13-32-25)9-11-30(38)12-14-34(3)26(36)18-30/h4-8,10,13,15,24,38H,12,14,16-19H2,1-3H3,(H2,31,37)/t24-,30-/m0/s1. The van der Waals surface area contributed by atoms with Crippen molar-refractivity contribution in [2.45, 2.75) is 57.8 Å². The highest BCUT2D eigenvalue weighted by Crippen LogP contribution is 2.39. The zero-order valence-electron chi connectivity index (χ0n) is 22.5. The number of pyridine rings is 1. The van der Waals surface area contributed by atoms with E-state index < -0.39 is 11.5 Å². The predicted molar refractivity (Wildman–Crippen MR) is 145 cm³/mol. The Labute approximate surface area is 228 Å². The molecule has 3 heterocycles. The quantitative estimate of drug-likeness (QED) is 0.491. The molecule has 202 valence electrons. The third kappa shape index (κ3) is 5.58. The fourth-order valence-electron chi connectivity index (χ4n) is 5.19. The first-order valence-corrected chi connectivity index (χ1v) is 13.1. The Morgan fingerprint density at radius 2 is 2.00 bits per heavy atom. The third-order valence-corrected chi connectivity index (χ3v) is 7.63. The molecule has 1 saturated heterocycles. The number of nitrogens with two attached hydrogens (primary N) is 1. The number of hydrogen-bond donors (Lipinski definition) is 2. The normalized spacial score (nSPS) is 22.1. The molecule has 0 unspecified atom stereocenters. The summed E-state index contributed by atoms with van der Waals surface area (Å²) in [7, 11) is 1.72. The van der Waals surface area contributed by atoms with Gasteiger partial charge in [0.2, 0.25) is 5.91 Å². The second kappa shape index (κ2) is 10.3. The van der Waals surface area contributed by atoms with Crippen LogP contribution in [0.3, 0.4) is 0 Å². The second-order valence-electron chi connectivity index (χ2n) is 11.1. The van der Waals surface area contributed by atoms with Crippen molar-refractivity contribution in [1.29, 1.82) is 0 Å². The molecule has 3 N–H and O–H groups in total. The minimum Gasteiger partial charge on any atom is -0.377 e. The minimum atomic E-state index is -1.37. The molecule has 39 heavy (non-hydrogen) atoms. The summed E-state index contributed by atoms with van der Waals surface area (Å²) in [6.45, 7) is 5.21. The van der Waals surface area contributed by atoms with Gasteiger partial charge >= 0.3 is 0 Å². The molecule has 2 aliphatic rings. The number of benzene rings is 1. The molecule has 3 aromatic rings. The van der Waals surface area contributed by atoms with Crippen LogP contribution >= 0.6 is 0 Å². The number of carbonyl (C=O) groups excluding carboxylic acids is 2. The summed E-state index contributed by atoms with van der Waals surface area (Å²) in [4.78, 5) is 30.6. The van der Waals surface area contributed by atoms with Gasteiger partial charge in [0.25, 0.3) is 5.91 Å². The molecule has 0 saturated carbocycles. The van der Waals surface area contributed by atoms with Crippen LogP contribution in [-0.2, 0) is 29.0 Å². The molecule has 1 fully saturated rings. The molecule has 0 spiro atoms. The molecular weight excluding hydrogens is 494 g/mol. The lowest BCUT2D eigenvalue weighted by Crippen LogP contribution is -2.45. The maximum absolute atomic E-state index is 12.4. The highest BCUT2D eigenvalue weighted by Gasteiger charge is 2.41. The monoisotopic (exact) mass is 527 g/mol. The molecule has 1 aliphatic heterocycles. The van der Waals surface area contributed by atoms with E-state index >= 15 is 0 Å². The number of amides is 2. The van der Waals surface area contributed by atoms with Gasteiger partial charge in [-0.05, 0) is 29.5 Å². The van der Waals surface area contributed by atoms with E-state index in [2.05, 4.69) is 35.8 Å². The maximum atomic E-state index is 12.4. The summed E-state index contributed by atoms with van der Waals surface area (Å²) in [5, 5.41) is 15.4. The van der Waals surface area contributed by atoms with E-state index in [1.54, 1.807) is 35.0 Å². The van der Waals surface area contributed by atoms with Crippen LogP contribution in [0.4, 0.5) is 0 Å². The minimum absolute atomic E-state index is 0.0360. The molecule has 2 amide bonds. The van der Waals surface area contributed by atoms with Crippen molar-refractivity contribution in [2.24, 2.45) is 11.1 Å². The zero-order valence-corrected chi connectivity index (χ0v) is 22.5. The van der Waals surface area contributed by atoms with E-state index in [4.69, 9.17) is 10.5 Å². The summed E-state index contributed by atoms with van der Waals surface area (Å²) in [5.74, 6) is 5.65. The van der Waals surface area contributed by atoms with Crippen molar-refractivity contribution in [1.82, 2.24) is 19.7 Å². The Hall–Kier alpha value is -4.00. The van der Waals surface area contributed by atoms with Crippen LogP contribution in [-0.4, -0.2) is 61.9 Å². The number of rotatable bonds is 5. The van der Waals surface area contributed by atoms with Gasteiger partial charge in [-0.25, -0.2) is 9.67 Å². The van der Waals surface area contributed by atoms with Crippen LogP contribution in [0, 0.1) is 17.3 Å². The Balaban J connectivity index is 1.44. The molecule has 9 heteroatoms. The van der Waals surface area contributed by atoms with E-state index in [1.165, 1.54) is 0 Å². The van der Waals surface area contributed by atoms with Gasteiger partial charge in [-0.3, -0.25) is 9.59 Å². The van der Waals surface area contributed by atoms with Crippen molar-refractivity contribution < 1.29 is 19.4 Å². The SMILES string of the molecule is CN1CC[C@@](O)(C#Cc2ccnc(-n3nc(C(N)=O)c4c3CC(C)(C)[C@@H](OCc3ccccc3)C4)c2)CC1=O. The number of aliphatic hydroxyl groups is 1. The lowest BCUT2D eigenvalue weighted by Gasteiger charge is -2.38. The summed E-state index contributed by atoms with van der Waals surface area (Å²) in [6, 6.07) is 13.5. The van der Waals surface area contributed by atoms with Crippen molar-refractivity contribution in [3.05, 3.63) is 76.7 Å². The number of primary amides is 1. The first kappa shape index (κ1) is 26.6. The van der Waals surface area contributed by atoms with Gasteiger partial charge in [0.15, 0.2) is 11.5 Å². The fourth-order valence-corrected chi connectivity index (χ4v) is 5.19. The maximum Gasteiger partial charge on any atom is 0.269 e. The van der Waals surface area contributed by atoms with Crippen molar-refractivity contribution >= 4 is 11.8 Å². The summed E-state index contributed by atoms with van der Waals surface area (Å²) in [6.07, 6.45) is 2.94. The van der Waals surface area contributed by atoms with Crippen LogP contribution < -0.4 is 5.73 Å². The number of nitrogens with zero attached hydrogens (tertiary/aromatic N) is 4. The van der Waals surface area contributed by atoms with Gasteiger partial charge in [0.05, 0.1) is 24.8 Å². The number of likely N-dealkylation sites (tertiary alicyclic amines) is 1. The number of carbonyl (C=O) groups is 2. The van der Waals surface area contributed by atoms with E-state index in [1.807, 2.05) is 30.3 Å². The predicted octanol–water partition coefficient (Wildman–Crippen LogP) is 2.41. The lowest BCUT2D eigenvalue weighted by atomic mass is 9.73. The van der Waals surface area contributed by atoms with Crippen molar-refractivity contribution in [3.8, 4) is 17.7 Å². The third-order valence-electron chi connectivity index (χ3n) is 7.63. The van der Waals surface area contributed by atoms with Gasteiger partial charge in [0, 0.05) is 43.8 Å². The van der Waals surface area contributed by atoms with Crippen LogP contribution in [0.1, 0.15) is 59.6 Å². The van der Waals surface area contributed by atoms with Gasteiger partial charge in [0.1, 0.15) is 5.60 Å². The molecular formula is C30H33N5O4. The van der Waals surface area contributed by atoms with Crippen LogP contribution in [0.15, 0.2) is 48.7 Å². The highest BCUT2D eigenvalue weighted by atomic mass is 16.5. The van der Waals surface area contributed by atoms with Crippen molar-refractivity contribution in [3.63, 3.8) is 0 Å². The number of aromatic nitrogens is 3. The lowest BCUT2D eigenvalue weighted by molar-refractivity contribution is -0.138. The van der Waals surface area contributed by atoms with Crippen LogP contribution in [0.2, 0.25) is 0 Å². The van der Waals surface area contributed by atoms with Crippen molar-refractivity contribution in [2.75, 3.05) is 13.6 Å². The van der Waals surface area contributed by atoms with Gasteiger partial charge in [-0.15, -0.1) is 0 Å². The van der Waals surface area contributed by atoms with Crippen LogP contribution in [0.25, 0.3) is 5.82 Å². The van der Waals surface area contributed by atoms with E-state index in [0.29, 0.717) is 43.8 Å². The number of ether oxygens (including phenoxy) is 1. The number of hydrogen-bond acceptors (Lipinski definition) is 6. The average Bonchev–Trinajstić information content (AvgIpc) is 3.27. The first-order valence-electron chi connectivity index (χ1n) is 13.1.